The Morgan fingerprint density at radius 2 is 2.08 bits per heavy atom. The van der Waals surface area contributed by atoms with Gasteiger partial charge in [0.15, 0.2) is 5.82 Å². The molecule has 0 radical (unpaired) electrons. The van der Waals surface area contributed by atoms with Gasteiger partial charge >= 0.3 is 6.03 Å². The lowest BCUT2D eigenvalue weighted by molar-refractivity contribution is 0.148. The van der Waals surface area contributed by atoms with E-state index in [9.17, 15) is 9.90 Å². The van der Waals surface area contributed by atoms with Crippen LogP contribution in [-0.2, 0) is 6.54 Å². The third kappa shape index (κ3) is 5.29. The van der Waals surface area contributed by atoms with E-state index in [0.717, 1.165) is 30.8 Å². The molecule has 2 aromatic rings. The van der Waals surface area contributed by atoms with Gasteiger partial charge in [-0.1, -0.05) is 26.0 Å². The third-order valence-electron chi connectivity index (χ3n) is 4.12. The smallest absolute Gasteiger partial charge is 0.319 e. The minimum absolute atomic E-state index is 0.116. The first-order chi connectivity index (χ1) is 12.0. The largest absolute Gasteiger partial charge is 0.396 e. The highest BCUT2D eigenvalue weighted by atomic mass is 16.3. The van der Waals surface area contributed by atoms with Gasteiger partial charge in [-0.3, -0.25) is 0 Å². The third-order valence-corrected chi connectivity index (χ3v) is 4.12. The Hall–Kier alpha value is -2.41. The topological polar surface area (TPSA) is 92.1 Å². The summed E-state index contributed by atoms with van der Waals surface area (Å²) in [5.41, 5.74) is 1.41. The van der Waals surface area contributed by atoms with Gasteiger partial charge in [0.05, 0.1) is 5.69 Å². The number of hydrogen-bond acceptors (Lipinski definition) is 4. The number of para-hydroxylation sites is 1. The average Bonchev–Trinajstić information content (AvgIpc) is 3.08. The second-order valence-corrected chi connectivity index (χ2v) is 6.79. The molecule has 0 unspecified atom stereocenters. The number of hydrogen-bond donors (Lipinski definition) is 3. The fraction of sp³-hybridized carbons (Fsp3) is 0.500. The summed E-state index contributed by atoms with van der Waals surface area (Å²) in [6.45, 7) is 7.49. The summed E-state index contributed by atoms with van der Waals surface area (Å²) < 4.78 is 1.93. The van der Waals surface area contributed by atoms with E-state index in [1.54, 1.807) is 6.33 Å². The summed E-state index contributed by atoms with van der Waals surface area (Å²) in [4.78, 5) is 12.2. The molecule has 0 saturated heterocycles. The predicted octanol–water partition coefficient (Wildman–Crippen LogP) is 2.89. The van der Waals surface area contributed by atoms with Crippen molar-refractivity contribution in [2.45, 2.75) is 40.2 Å². The van der Waals surface area contributed by atoms with E-state index in [0.29, 0.717) is 12.2 Å². The number of carbonyl (C=O) groups excluding carboxylic acids is 1. The van der Waals surface area contributed by atoms with E-state index in [4.69, 9.17) is 0 Å². The Morgan fingerprint density at radius 3 is 2.80 bits per heavy atom. The standard InChI is InChI=1S/C18H27N5O2/c1-4-23-13-20-22-16(23)14-8-5-6-9-15(14)21-17(25)19-11-7-10-18(2,3)12-24/h5-6,8-9,13,24H,4,7,10-12H2,1-3H3,(H2,19,21,25). The van der Waals surface area contributed by atoms with Crippen LogP contribution in [0.2, 0.25) is 0 Å². The first kappa shape index (κ1) is 18.9. The van der Waals surface area contributed by atoms with Gasteiger partial charge in [-0.25, -0.2) is 4.79 Å². The molecule has 2 rings (SSSR count). The van der Waals surface area contributed by atoms with Gasteiger partial charge in [0.2, 0.25) is 0 Å². The SMILES string of the molecule is CCn1cnnc1-c1ccccc1NC(=O)NCCCC(C)(C)CO. The van der Waals surface area contributed by atoms with Crippen molar-refractivity contribution in [3.63, 3.8) is 0 Å². The van der Waals surface area contributed by atoms with Gasteiger partial charge in [0.1, 0.15) is 6.33 Å². The zero-order chi connectivity index (χ0) is 18.3. The molecular formula is C18H27N5O2. The van der Waals surface area contributed by atoms with Crippen LogP contribution < -0.4 is 10.6 Å². The van der Waals surface area contributed by atoms with Gasteiger partial charge in [-0.15, -0.1) is 10.2 Å². The molecule has 0 spiro atoms. The highest BCUT2D eigenvalue weighted by molar-refractivity contribution is 5.93. The Balaban J connectivity index is 1.96. The number of carbonyl (C=O) groups is 1. The fourth-order valence-electron chi connectivity index (χ4n) is 2.50. The van der Waals surface area contributed by atoms with Crippen molar-refractivity contribution in [3.05, 3.63) is 30.6 Å². The summed E-state index contributed by atoms with van der Waals surface area (Å²) in [5, 5.41) is 23.1. The number of aromatic nitrogens is 3. The van der Waals surface area contributed by atoms with Crippen LogP contribution in [0.3, 0.4) is 0 Å². The van der Waals surface area contributed by atoms with Crippen LogP contribution in [0.15, 0.2) is 30.6 Å². The molecule has 136 valence electrons. The number of nitrogens with zero attached hydrogens (tertiary/aromatic N) is 3. The summed E-state index contributed by atoms with van der Waals surface area (Å²) in [6.07, 6.45) is 3.34. The molecular weight excluding hydrogens is 318 g/mol. The summed E-state index contributed by atoms with van der Waals surface area (Å²) >= 11 is 0. The number of aliphatic hydroxyl groups excluding tert-OH is 1. The fourth-order valence-corrected chi connectivity index (χ4v) is 2.50. The minimum Gasteiger partial charge on any atom is -0.396 e. The maximum atomic E-state index is 12.2. The molecule has 0 aliphatic carbocycles. The number of benzene rings is 1. The van der Waals surface area contributed by atoms with Crippen LogP contribution in [0.4, 0.5) is 10.5 Å². The molecule has 0 aliphatic heterocycles. The molecule has 0 fully saturated rings. The van der Waals surface area contributed by atoms with Crippen molar-refractivity contribution in [1.82, 2.24) is 20.1 Å². The zero-order valence-electron chi connectivity index (χ0n) is 15.1. The number of amides is 2. The Bertz CT molecular complexity index is 696. The second-order valence-electron chi connectivity index (χ2n) is 6.79. The van der Waals surface area contributed by atoms with Crippen molar-refractivity contribution >= 4 is 11.7 Å². The summed E-state index contributed by atoms with van der Waals surface area (Å²) in [7, 11) is 0. The van der Waals surface area contributed by atoms with Gasteiger partial charge in [0.25, 0.3) is 0 Å². The van der Waals surface area contributed by atoms with Gasteiger partial charge in [-0.05, 0) is 37.3 Å². The summed E-state index contributed by atoms with van der Waals surface area (Å²) in [5.74, 6) is 0.725. The van der Waals surface area contributed by atoms with Crippen molar-refractivity contribution < 1.29 is 9.90 Å². The maximum Gasteiger partial charge on any atom is 0.319 e. The second kappa shape index (κ2) is 8.62. The molecule has 3 N–H and O–H groups in total. The van der Waals surface area contributed by atoms with E-state index in [-0.39, 0.29) is 18.1 Å². The van der Waals surface area contributed by atoms with Crippen molar-refractivity contribution in [2.24, 2.45) is 5.41 Å². The highest BCUT2D eigenvalue weighted by Crippen LogP contribution is 2.26. The van der Waals surface area contributed by atoms with Crippen LogP contribution in [0.5, 0.6) is 0 Å². The molecule has 7 nitrogen and oxygen atoms in total. The molecule has 0 bridgehead atoms. The maximum absolute atomic E-state index is 12.2. The van der Waals surface area contributed by atoms with Crippen LogP contribution in [0, 0.1) is 5.41 Å². The quantitative estimate of drug-likeness (QED) is 0.642. The minimum atomic E-state index is -0.253. The molecule has 1 aromatic heterocycles. The van der Waals surface area contributed by atoms with Crippen LogP contribution >= 0.6 is 0 Å². The monoisotopic (exact) mass is 345 g/mol. The predicted molar refractivity (Wildman–Crippen MR) is 98.3 cm³/mol. The molecule has 2 amide bonds. The first-order valence-electron chi connectivity index (χ1n) is 8.60. The zero-order valence-corrected chi connectivity index (χ0v) is 15.1. The molecule has 7 heteroatoms. The van der Waals surface area contributed by atoms with E-state index in [2.05, 4.69) is 20.8 Å². The number of urea groups is 1. The number of aliphatic hydroxyl groups is 1. The lowest BCUT2D eigenvalue weighted by Gasteiger charge is -2.21. The van der Waals surface area contributed by atoms with Crippen LogP contribution in [-0.4, -0.2) is 39.1 Å². The number of rotatable bonds is 8. The molecule has 0 saturated carbocycles. The Morgan fingerprint density at radius 1 is 1.32 bits per heavy atom. The average molecular weight is 345 g/mol. The van der Waals surface area contributed by atoms with Gasteiger partial charge in [0, 0.05) is 25.3 Å². The van der Waals surface area contributed by atoms with Crippen molar-refractivity contribution in [2.75, 3.05) is 18.5 Å². The van der Waals surface area contributed by atoms with Crippen molar-refractivity contribution in [1.29, 1.82) is 0 Å². The highest BCUT2D eigenvalue weighted by Gasteiger charge is 2.16. The lowest BCUT2D eigenvalue weighted by atomic mass is 9.89. The first-order valence-corrected chi connectivity index (χ1v) is 8.60. The van der Waals surface area contributed by atoms with Crippen molar-refractivity contribution in [3.8, 4) is 11.4 Å². The normalized spacial score (nSPS) is 11.4. The summed E-state index contributed by atoms with van der Waals surface area (Å²) in [6, 6.07) is 7.28. The molecule has 1 heterocycles. The Kier molecular flexibility index (Phi) is 6.52. The van der Waals surface area contributed by atoms with Crippen LogP contribution in [0.1, 0.15) is 33.6 Å². The lowest BCUT2D eigenvalue weighted by Crippen LogP contribution is -2.30. The number of aryl methyl sites for hydroxylation is 1. The van der Waals surface area contributed by atoms with E-state index < -0.39 is 0 Å². The van der Waals surface area contributed by atoms with Gasteiger partial charge < -0.3 is 20.3 Å². The Labute approximate surface area is 148 Å². The number of nitrogens with one attached hydrogen (secondary N) is 2. The van der Waals surface area contributed by atoms with E-state index >= 15 is 0 Å². The van der Waals surface area contributed by atoms with Gasteiger partial charge in [-0.2, -0.15) is 0 Å². The number of anilines is 1. The molecule has 1 aromatic carbocycles. The molecule has 0 aliphatic rings. The molecule has 0 atom stereocenters. The van der Waals surface area contributed by atoms with E-state index in [1.165, 1.54) is 0 Å². The molecule has 25 heavy (non-hydrogen) atoms. The van der Waals surface area contributed by atoms with Crippen LogP contribution in [0.25, 0.3) is 11.4 Å². The van der Waals surface area contributed by atoms with E-state index in [1.807, 2.05) is 49.6 Å².